The van der Waals surface area contributed by atoms with E-state index in [4.69, 9.17) is 4.74 Å². The van der Waals surface area contributed by atoms with E-state index in [9.17, 15) is 0 Å². The van der Waals surface area contributed by atoms with Gasteiger partial charge in [0, 0.05) is 11.4 Å². The predicted octanol–water partition coefficient (Wildman–Crippen LogP) is 4.24. The largest absolute Gasteiger partial charge is 0.375 e. The Kier molecular flexibility index (Phi) is 4.08. The number of rotatable bonds is 1. The molecule has 3 fully saturated rings. The van der Waals surface area contributed by atoms with Crippen LogP contribution in [0, 0.1) is 11.8 Å². The summed E-state index contributed by atoms with van der Waals surface area (Å²) in [6.07, 6.45) is 9.54. The molecule has 3 unspecified atom stereocenters. The summed E-state index contributed by atoms with van der Waals surface area (Å²) in [5.74, 6) is 4.57. The summed E-state index contributed by atoms with van der Waals surface area (Å²) in [6.45, 7) is 1.03. The lowest BCUT2D eigenvalue weighted by Crippen LogP contribution is -2.44. The first kappa shape index (κ1) is 12.8. The molecule has 0 amide bonds. The molecule has 3 heteroatoms. The average molecular weight is 319 g/mol. The Morgan fingerprint density at radius 1 is 1.06 bits per heavy atom. The highest BCUT2D eigenvalue weighted by atomic mass is 79.9. The van der Waals surface area contributed by atoms with Gasteiger partial charge in [-0.2, -0.15) is 11.8 Å². The molecule has 0 bridgehead atoms. The molecule has 17 heavy (non-hydrogen) atoms. The Morgan fingerprint density at radius 3 is 2.59 bits per heavy atom. The molecule has 0 radical (unpaired) electrons. The van der Waals surface area contributed by atoms with Crippen LogP contribution in [0.5, 0.6) is 0 Å². The van der Waals surface area contributed by atoms with Gasteiger partial charge in [0.05, 0.1) is 5.60 Å². The van der Waals surface area contributed by atoms with Gasteiger partial charge in [-0.3, -0.25) is 0 Å². The molecule has 2 aliphatic heterocycles. The summed E-state index contributed by atoms with van der Waals surface area (Å²) in [5.41, 5.74) is 0.290. The minimum atomic E-state index is 0.290. The van der Waals surface area contributed by atoms with Crippen LogP contribution in [0.1, 0.15) is 44.9 Å². The van der Waals surface area contributed by atoms with Crippen molar-refractivity contribution in [3.63, 3.8) is 0 Å². The molecule has 0 aromatic rings. The van der Waals surface area contributed by atoms with Crippen molar-refractivity contribution in [2.75, 3.05) is 18.1 Å². The maximum Gasteiger partial charge on any atom is 0.0701 e. The van der Waals surface area contributed by atoms with Gasteiger partial charge in [0.1, 0.15) is 0 Å². The fourth-order valence-corrected chi connectivity index (χ4v) is 5.93. The maximum atomic E-state index is 6.20. The van der Waals surface area contributed by atoms with Crippen LogP contribution >= 0.6 is 27.7 Å². The van der Waals surface area contributed by atoms with E-state index in [1.807, 2.05) is 0 Å². The molecule has 1 spiro atoms. The number of ether oxygens (including phenoxy) is 1. The summed E-state index contributed by atoms with van der Waals surface area (Å²) in [7, 11) is 0. The molecule has 98 valence electrons. The van der Waals surface area contributed by atoms with Crippen molar-refractivity contribution < 1.29 is 4.74 Å². The second-order valence-electron chi connectivity index (χ2n) is 6.07. The topological polar surface area (TPSA) is 9.23 Å². The van der Waals surface area contributed by atoms with Crippen LogP contribution in [0.15, 0.2) is 0 Å². The van der Waals surface area contributed by atoms with Gasteiger partial charge in [-0.1, -0.05) is 15.9 Å². The lowest BCUT2D eigenvalue weighted by Gasteiger charge is -2.45. The summed E-state index contributed by atoms with van der Waals surface area (Å²) < 4.78 is 6.20. The molecular weight excluding hydrogens is 296 g/mol. The lowest BCUT2D eigenvalue weighted by molar-refractivity contribution is -0.110. The van der Waals surface area contributed by atoms with Gasteiger partial charge < -0.3 is 4.74 Å². The number of thioether (sulfide) groups is 1. The zero-order valence-corrected chi connectivity index (χ0v) is 12.9. The maximum absolute atomic E-state index is 6.20. The molecule has 3 atom stereocenters. The van der Waals surface area contributed by atoms with Crippen molar-refractivity contribution in [1.29, 1.82) is 0 Å². The fourth-order valence-electron chi connectivity index (χ4n) is 3.95. The quantitative estimate of drug-likeness (QED) is 0.669. The Morgan fingerprint density at radius 2 is 1.88 bits per heavy atom. The number of hydrogen-bond donors (Lipinski definition) is 0. The first-order valence-corrected chi connectivity index (χ1v) is 9.20. The van der Waals surface area contributed by atoms with Gasteiger partial charge in [-0.15, -0.1) is 0 Å². The third-order valence-electron chi connectivity index (χ3n) is 5.01. The Balaban J connectivity index is 1.62. The van der Waals surface area contributed by atoms with Gasteiger partial charge >= 0.3 is 0 Å². The van der Waals surface area contributed by atoms with E-state index in [0.717, 1.165) is 23.3 Å². The molecule has 3 aliphatic rings. The third kappa shape index (κ3) is 2.87. The summed E-state index contributed by atoms with van der Waals surface area (Å²) in [6, 6.07) is 0. The van der Waals surface area contributed by atoms with Crippen molar-refractivity contribution in [2.45, 2.75) is 55.4 Å². The number of halogens is 1. The Bertz CT molecular complexity index is 259. The van der Waals surface area contributed by atoms with Crippen molar-refractivity contribution in [2.24, 2.45) is 11.8 Å². The highest BCUT2D eigenvalue weighted by Crippen LogP contribution is 2.46. The van der Waals surface area contributed by atoms with E-state index in [-0.39, 0.29) is 0 Å². The fraction of sp³-hybridized carbons (Fsp3) is 1.00. The molecule has 2 saturated heterocycles. The standard InChI is InChI=1S/C14H23BrOS/c15-13-2-1-11(9-13)12-3-6-16-14(10-12)4-7-17-8-5-14/h11-13H,1-10H2. The van der Waals surface area contributed by atoms with Gasteiger partial charge in [0.25, 0.3) is 0 Å². The SMILES string of the molecule is BrC1CCC(C2CCOC3(CCSCC3)C2)C1. The van der Waals surface area contributed by atoms with E-state index in [1.165, 1.54) is 56.5 Å². The van der Waals surface area contributed by atoms with Gasteiger partial charge in [0.2, 0.25) is 0 Å². The van der Waals surface area contributed by atoms with E-state index in [2.05, 4.69) is 27.7 Å². The van der Waals surface area contributed by atoms with Crippen molar-refractivity contribution >= 4 is 27.7 Å². The molecule has 1 aliphatic carbocycles. The first-order valence-electron chi connectivity index (χ1n) is 7.13. The van der Waals surface area contributed by atoms with Gasteiger partial charge in [-0.25, -0.2) is 0 Å². The molecule has 1 saturated carbocycles. The van der Waals surface area contributed by atoms with Crippen molar-refractivity contribution in [1.82, 2.24) is 0 Å². The zero-order valence-electron chi connectivity index (χ0n) is 10.5. The van der Waals surface area contributed by atoms with Crippen LogP contribution in [0.4, 0.5) is 0 Å². The molecular formula is C14H23BrOS. The van der Waals surface area contributed by atoms with E-state index >= 15 is 0 Å². The van der Waals surface area contributed by atoms with Crippen LogP contribution in [0.3, 0.4) is 0 Å². The summed E-state index contributed by atoms with van der Waals surface area (Å²) in [4.78, 5) is 0.799. The second kappa shape index (κ2) is 5.42. The first-order chi connectivity index (χ1) is 8.27. The third-order valence-corrected chi connectivity index (χ3v) is 6.83. The Hall–Kier alpha value is 0.790. The average Bonchev–Trinajstić information content (AvgIpc) is 2.77. The monoisotopic (exact) mass is 318 g/mol. The predicted molar refractivity (Wildman–Crippen MR) is 78.0 cm³/mol. The summed E-state index contributed by atoms with van der Waals surface area (Å²) in [5, 5.41) is 0. The summed E-state index contributed by atoms with van der Waals surface area (Å²) >= 11 is 5.91. The Labute approximate surface area is 118 Å². The molecule has 2 heterocycles. The van der Waals surface area contributed by atoms with Crippen molar-refractivity contribution in [3.05, 3.63) is 0 Å². The number of alkyl halides is 1. The second-order valence-corrected chi connectivity index (χ2v) is 8.59. The highest BCUT2D eigenvalue weighted by Gasteiger charge is 2.42. The smallest absolute Gasteiger partial charge is 0.0701 e. The van der Waals surface area contributed by atoms with Gasteiger partial charge in [0.15, 0.2) is 0 Å². The molecule has 1 nitrogen and oxygen atoms in total. The van der Waals surface area contributed by atoms with E-state index < -0.39 is 0 Å². The normalized spacial score (nSPS) is 41.8. The van der Waals surface area contributed by atoms with E-state index in [0.29, 0.717) is 5.60 Å². The van der Waals surface area contributed by atoms with Crippen LogP contribution in [0.2, 0.25) is 0 Å². The zero-order chi connectivity index (χ0) is 11.7. The van der Waals surface area contributed by atoms with Crippen LogP contribution in [0.25, 0.3) is 0 Å². The van der Waals surface area contributed by atoms with Gasteiger partial charge in [-0.05, 0) is 68.3 Å². The van der Waals surface area contributed by atoms with Crippen LogP contribution in [-0.4, -0.2) is 28.5 Å². The van der Waals surface area contributed by atoms with Crippen LogP contribution < -0.4 is 0 Å². The molecule has 0 N–H and O–H groups in total. The van der Waals surface area contributed by atoms with E-state index in [1.54, 1.807) is 0 Å². The number of hydrogen-bond acceptors (Lipinski definition) is 2. The molecule has 0 aromatic heterocycles. The van der Waals surface area contributed by atoms with Crippen molar-refractivity contribution in [3.8, 4) is 0 Å². The minimum Gasteiger partial charge on any atom is -0.375 e. The highest BCUT2D eigenvalue weighted by molar-refractivity contribution is 9.09. The molecule has 3 rings (SSSR count). The molecule has 0 aromatic carbocycles. The lowest BCUT2D eigenvalue weighted by atomic mass is 9.75. The minimum absolute atomic E-state index is 0.290. The van der Waals surface area contributed by atoms with Crippen LogP contribution in [-0.2, 0) is 4.74 Å².